The largest absolute Gasteiger partial charge is 0.485 e. The van der Waals surface area contributed by atoms with E-state index < -0.39 is 0 Å². The van der Waals surface area contributed by atoms with Gasteiger partial charge in [-0.3, -0.25) is 0 Å². The molecule has 7 aromatic carbocycles. The number of ether oxygens (including phenoxy) is 1. The van der Waals surface area contributed by atoms with Crippen molar-refractivity contribution in [3.63, 3.8) is 0 Å². The van der Waals surface area contributed by atoms with E-state index in [0.29, 0.717) is 0 Å². The molecule has 4 unspecified atom stereocenters. The van der Waals surface area contributed by atoms with Crippen LogP contribution in [0.2, 0.25) is 0 Å². The molecule has 12 rings (SSSR count). The lowest BCUT2D eigenvalue weighted by Gasteiger charge is -2.47. The lowest BCUT2D eigenvalue weighted by molar-refractivity contribution is 0.141. The summed E-state index contributed by atoms with van der Waals surface area (Å²) in [4.78, 5) is 7.98. The number of nitrogens with zero attached hydrogens (tertiary/aromatic N) is 1. The van der Waals surface area contributed by atoms with Crippen molar-refractivity contribution in [3.05, 3.63) is 232 Å². The summed E-state index contributed by atoms with van der Waals surface area (Å²) in [5.74, 6) is 1.97. The number of thioether (sulfide) groups is 1. The van der Waals surface area contributed by atoms with E-state index in [9.17, 15) is 0 Å². The molecule has 0 aromatic heterocycles. The van der Waals surface area contributed by atoms with Crippen LogP contribution < -0.4 is 10.1 Å². The van der Waals surface area contributed by atoms with Crippen LogP contribution >= 0.6 is 11.8 Å². The topological polar surface area (TPSA) is 33.6 Å². The van der Waals surface area contributed by atoms with Gasteiger partial charge in [-0.1, -0.05) is 182 Å². The fourth-order valence-corrected chi connectivity index (χ4v) is 11.2. The fourth-order valence-electron chi connectivity index (χ4n) is 9.97. The molecule has 0 amide bonds. The minimum absolute atomic E-state index is 0.0293. The number of hydrogen-bond donors (Lipinski definition) is 1. The molecule has 5 aliphatic rings. The third-order valence-electron chi connectivity index (χ3n) is 12.5. The van der Waals surface area contributed by atoms with Gasteiger partial charge in [-0.25, -0.2) is 4.99 Å². The van der Waals surface area contributed by atoms with E-state index in [4.69, 9.17) is 9.73 Å². The van der Waals surface area contributed by atoms with Crippen molar-refractivity contribution in [1.29, 1.82) is 0 Å². The molecule has 0 saturated heterocycles. The van der Waals surface area contributed by atoms with Crippen molar-refractivity contribution in [2.75, 3.05) is 0 Å². The van der Waals surface area contributed by atoms with Gasteiger partial charge in [0, 0.05) is 32.4 Å². The lowest BCUT2D eigenvalue weighted by Crippen LogP contribution is -2.47. The van der Waals surface area contributed by atoms with E-state index in [2.05, 4.69) is 199 Å². The highest BCUT2D eigenvalue weighted by atomic mass is 32.2. The summed E-state index contributed by atoms with van der Waals surface area (Å²) in [5.41, 5.74) is 15.4. The Hall–Kier alpha value is -6.62. The van der Waals surface area contributed by atoms with Gasteiger partial charge in [0.2, 0.25) is 0 Å². The van der Waals surface area contributed by atoms with E-state index >= 15 is 0 Å². The van der Waals surface area contributed by atoms with Gasteiger partial charge in [-0.05, 0) is 74.3 Å². The molecular weight excluding hydrogens is 713 g/mol. The molecule has 0 bridgehead atoms. The summed E-state index contributed by atoms with van der Waals surface area (Å²) in [5, 5.41) is 3.87. The standard InChI is InChI=1S/C53H36N2OS/c1-2-14-34(15-3-1)37-16-4-5-18-40(37)52-54-49(51-50(55-52)41-19-7-13-25-48(41)57-51)35-28-26-33(27-29-35)36-30-31-39-38-17-6-8-20-42(38)53(45(39)32-36)43-21-9-11-23-46(43)56-47-24-12-10-22-44(47)53/h1-32,43,46,50H,(H,54,55). The second-order valence-corrected chi connectivity index (χ2v) is 16.5. The SMILES string of the molecule is C1=CC2Oc3ccccc3C3(c4ccccc4-c4ccc(-c5ccc(C6=C7Sc8ccccc8C7NC(c7ccccc7-c7ccccc7)=N6)cc5)cc43)C2C=C1. The average molecular weight is 749 g/mol. The third-order valence-corrected chi connectivity index (χ3v) is 13.7. The molecule has 0 radical (unpaired) electrons. The van der Waals surface area contributed by atoms with E-state index in [0.717, 1.165) is 34.0 Å². The highest BCUT2D eigenvalue weighted by Gasteiger charge is 2.55. The lowest BCUT2D eigenvalue weighted by atomic mass is 9.60. The highest BCUT2D eigenvalue weighted by Crippen LogP contribution is 2.62. The quantitative estimate of drug-likeness (QED) is 0.195. The number of para-hydroxylation sites is 1. The Balaban J connectivity index is 0.983. The monoisotopic (exact) mass is 748 g/mol. The smallest absolute Gasteiger partial charge is 0.135 e. The Morgan fingerprint density at radius 1 is 0.526 bits per heavy atom. The predicted octanol–water partition coefficient (Wildman–Crippen LogP) is 12.4. The first-order valence-corrected chi connectivity index (χ1v) is 20.5. The van der Waals surface area contributed by atoms with Crippen molar-refractivity contribution in [3.8, 4) is 39.1 Å². The average Bonchev–Trinajstić information content (AvgIpc) is 3.80. The predicted molar refractivity (Wildman–Crippen MR) is 233 cm³/mol. The molecule has 7 aromatic rings. The summed E-state index contributed by atoms with van der Waals surface area (Å²) in [6.45, 7) is 0. The van der Waals surface area contributed by atoms with Gasteiger partial charge < -0.3 is 10.1 Å². The first-order valence-electron chi connectivity index (χ1n) is 19.7. The van der Waals surface area contributed by atoms with Crippen LogP contribution in [0, 0.1) is 5.92 Å². The molecular formula is C53H36N2OS. The van der Waals surface area contributed by atoms with Gasteiger partial charge in [-0.15, -0.1) is 0 Å². The Bertz CT molecular complexity index is 2900. The van der Waals surface area contributed by atoms with Gasteiger partial charge in [0.15, 0.2) is 0 Å². The Labute approximate surface area is 336 Å². The molecule has 0 fully saturated rings. The zero-order valence-electron chi connectivity index (χ0n) is 31.0. The van der Waals surface area contributed by atoms with Crippen molar-refractivity contribution in [2.45, 2.75) is 22.5 Å². The molecule has 1 spiro atoms. The van der Waals surface area contributed by atoms with Gasteiger partial charge in [-0.2, -0.15) is 0 Å². The maximum atomic E-state index is 6.69. The maximum absolute atomic E-state index is 6.69. The van der Waals surface area contributed by atoms with Crippen LogP contribution in [0.1, 0.15) is 39.4 Å². The zero-order chi connectivity index (χ0) is 37.5. The number of benzene rings is 7. The number of allylic oxidation sites excluding steroid dienone is 2. The van der Waals surface area contributed by atoms with E-state index in [1.54, 1.807) is 0 Å². The summed E-state index contributed by atoms with van der Waals surface area (Å²) in [7, 11) is 0. The van der Waals surface area contributed by atoms with Crippen LogP contribution in [0.4, 0.5) is 0 Å². The summed E-state index contributed by atoms with van der Waals surface area (Å²) < 4.78 is 6.69. The van der Waals surface area contributed by atoms with E-state index in [-0.39, 0.29) is 23.5 Å². The van der Waals surface area contributed by atoms with Gasteiger partial charge in [0.05, 0.1) is 17.2 Å². The number of hydrogen-bond acceptors (Lipinski definition) is 4. The van der Waals surface area contributed by atoms with Crippen LogP contribution in [0.15, 0.2) is 209 Å². The molecule has 2 aliphatic carbocycles. The number of fused-ring (bicyclic) bond motifs is 12. The third kappa shape index (κ3) is 4.84. The van der Waals surface area contributed by atoms with Crippen LogP contribution in [0.25, 0.3) is 39.1 Å². The van der Waals surface area contributed by atoms with Gasteiger partial charge in [0.1, 0.15) is 17.7 Å². The van der Waals surface area contributed by atoms with E-state index in [1.807, 2.05) is 11.8 Å². The molecule has 0 saturated carbocycles. The second-order valence-electron chi connectivity index (χ2n) is 15.4. The molecule has 57 heavy (non-hydrogen) atoms. The van der Waals surface area contributed by atoms with Crippen LogP contribution in [-0.2, 0) is 5.41 Å². The normalized spacial score (nSPS) is 21.7. The maximum Gasteiger partial charge on any atom is 0.135 e. The number of rotatable bonds is 4. The molecule has 3 aliphatic heterocycles. The molecule has 3 heterocycles. The summed E-state index contributed by atoms with van der Waals surface area (Å²) in [6, 6.07) is 61.8. The Morgan fingerprint density at radius 3 is 2.07 bits per heavy atom. The van der Waals surface area contributed by atoms with Gasteiger partial charge >= 0.3 is 0 Å². The minimum Gasteiger partial charge on any atom is -0.485 e. The number of amidine groups is 1. The molecule has 1 N–H and O–H groups in total. The van der Waals surface area contributed by atoms with Crippen molar-refractivity contribution in [2.24, 2.45) is 10.9 Å². The van der Waals surface area contributed by atoms with E-state index in [1.165, 1.54) is 59.9 Å². The Morgan fingerprint density at radius 2 is 1.19 bits per heavy atom. The number of nitrogens with one attached hydrogen (secondary N) is 1. The summed E-state index contributed by atoms with van der Waals surface area (Å²) >= 11 is 1.83. The first-order chi connectivity index (χ1) is 28.3. The zero-order valence-corrected chi connectivity index (χ0v) is 31.8. The first kappa shape index (κ1) is 32.6. The van der Waals surface area contributed by atoms with Crippen LogP contribution in [0.3, 0.4) is 0 Å². The van der Waals surface area contributed by atoms with Crippen molar-refractivity contribution in [1.82, 2.24) is 5.32 Å². The van der Waals surface area contributed by atoms with Gasteiger partial charge in [0.25, 0.3) is 0 Å². The van der Waals surface area contributed by atoms with Crippen LogP contribution in [0.5, 0.6) is 5.75 Å². The van der Waals surface area contributed by atoms with Crippen molar-refractivity contribution >= 4 is 23.3 Å². The highest BCUT2D eigenvalue weighted by molar-refractivity contribution is 8.03. The minimum atomic E-state index is -0.380. The Kier molecular flexibility index (Phi) is 7.27. The molecule has 4 atom stereocenters. The van der Waals surface area contributed by atoms with Crippen LogP contribution in [-0.4, -0.2) is 11.9 Å². The molecule has 3 nitrogen and oxygen atoms in total. The number of aliphatic imine (C=N–C) groups is 1. The summed E-state index contributed by atoms with van der Waals surface area (Å²) in [6.07, 6.45) is 8.85. The second kappa shape index (κ2) is 12.7. The fraction of sp³-hybridized carbons (Fsp3) is 0.0755. The van der Waals surface area contributed by atoms with Crippen molar-refractivity contribution < 1.29 is 4.74 Å². The molecule has 270 valence electrons. The molecule has 4 heteroatoms.